The maximum atomic E-state index is 4.19. The van der Waals surface area contributed by atoms with Gasteiger partial charge >= 0.3 is 0 Å². The van der Waals surface area contributed by atoms with Crippen LogP contribution >= 0.6 is 7.92 Å². The molecule has 0 unspecified atom stereocenters. The van der Waals surface area contributed by atoms with E-state index in [0.717, 1.165) is 12.8 Å². The molecule has 0 spiro atoms. The summed E-state index contributed by atoms with van der Waals surface area (Å²) in [6.45, 7) is 25.5. The monoisotopic (exact) mass is 570 g/mol. The summed E-state index contributed by atoms with van der Waals surface area (Å²) in [4.78, 5) is 0. The summed E-state index contributed by atoms with van der Waals surface area (Å²) < 4.78 is 0. The second-order valence-electron chi connectivity index (χ2n) is 8.54. The van der Waals surface area contributed by atoms with Gasteiger partial charge in [-0.25, -0.2) is 0 Å². The first-order valence-corrected chi connectivity index (χ1v) is 11.9. The molecule has 0 amide bonds. The molecule has 1 saturated heterocycles. The van der Waals surface area contributed by atoms with E-state index in [1.807, 2.05) is 0 Å². The molecular formula is C25H44PPt-3. The van der Waals surface area contributed by atoms with Crippen LogP contribution < -0.4 is 0 Å². The largest absolute Gasteiger partial charge is 0.343 e. The zero-order valence-electron chi connectivity index (χ0n) is 18.9. The van der Waals surface area contributed by atoms with Gasteiger partial charge in [0.25, 0.3) is 0 Å². The van der Waals surface area contributed by atoms with Crippen molar-refractivity contribution in [3.63, 3.8) is 0 Å². The van der Waals surface area contributed by atoms with Crippen LogP contribution in [0.4, 0.5) is 0 Å². The number of unbranched alkanes of at least 4 members (excludes halogenated alkanes) is 2. The van der Waals surface area contributed by atoms with Gasteiger partial charge in [0.2, 0.25) is 0 Å². The average molecular weight is 571 g/mol. The van der Waals surface area contributed by atoms with E-state index in [1.54, 1.807) is 0 Å². The topological polar surface area (TPSA) is 0 Å². The third-order valence-electron chi connectivity index (χ3n) is 5.19. The van der Waals surface area contributed by atoms with Crippen molar-refractivity contribution in [1.82, 2.24) is 0 Å². The Kier molecular flexibility index (Phi) is 16.4. The smallest absolute Gasteiger partial charge is 0 e. The second-order valence-corrected chi connectivity index (χ2v) is 12.1. The van der Waals surface area contributed by atoms with Crippen molar-refractivity contribution >= 4 is 7.92 Å². The van der Waals surface area contributed by atoms with Crippen LogP contribution in [0.2, 0.25) is 0 Å². The fourth-order valence-corrected chi connectivity index (χ4v) is 7.35. The average Bonchev–Trinajstić information content (AvgIpc) is 2.59. The van der Waals surface area contributed by atoms with Gasteiger partial charge in [0, 0.05) is 21.1 Å². The van der Waals surface area contributed by atoms with Gasteiger partial charge in [-0.05, 0) is 23.2 Å². The molecule has 0 aromatic heterocycles. The SMILES string of the molecule is [CH2-]CCC.[CH2-]CCC.[CH2-]c1ccccc1CP1C(C)(C)CCCC1(C)C.[Pt]. The molecule has 162 valence electrons. The summed E-state index contributed by atoms with van der Waals surface area (Å²) in [6.07, 6.45) is 9.97. The van der Waals surface area contributed by atoms with Crippen LogP contribution in [0, 0.1) is 20.8 Å². The molecule has 27 heavy (non-hydrogen) atoms. The van der Waals surface area contributed by atoms with Gasteiger partial charge in [-0.15, -0.1) is 25.6 Å². The first-order valence-electron chi connectivity index (χ1n) is 10.4. The van der Waals surface area contributed by atoms with Crippen LogP contribution in [0.5, 0.6) is 0 Å². The molecule has 2 heteroatoms. The minimum Gasteiger partial charge on any atom is -0.343 e. The van der Waals surface area contributed by atoms with E-state index in [2.05, 4.69) is 86.6 Å². The van der Waals surface area contributed by atoms with Crippen LogP contribution in [0.1, 0.15) is 97.6 Å². The van der Waals surface area contributed by atoms with Crippen molar-refractivity contribution in [2.24, 2.45) is 0 Å². The molecule has 0 bridgehead atoms. The molecule has 2 rings (SSSR count). The van der Waals surface area contributed by atoms with E-state index >= 15 is 0 Å². The molecule has 0 N–H and O–H groups in total. The molecule has 0 nitrogen and oxygen atoms in total. The molecular weight excluding hydrogens is 526 g/mol. The molecule has 1 fully saturated rings. The molecule has 1 aliphatic heterocycles. The quantitative estimate of drug-likeness (QED) is 0.251. The summed E-state index contributed by atoms with van der Waals surface area (Å²) in [5.74, 6) is 0. The van der Waals surface area contributed by atoms with Crippen molar-refractivity contribution in [3.05, 3.63) is 56.2 Å². The predicted molar refractivity (Wildman–Crippen MR) is 124 cm³/mol. The predicted octanol–water partition coefficient (Wildman–Crippen LogP) is 8.83. The molecule has 0 aliphatic carbocycles. The molecule has 0 radical (unpaired) electrons. The molecule has 1 aromatic rings. The van der Waals surface area contributed by atoms with Crippen molar-refractivity contribution < 1.29 is 21.1 Å². The minimum absolute atomic E-state index is 0. The zero-order chi connectivity index (χ0) is 20.2. The second kappa shape index (κ2) is 15.1. The van der Waals surface area contributed by atoms with Crippen molar-refractivity contribution in [2.75, 3.05) is 0 Å². The van der Waals surface area contributed by atoms with Gasteiger partial charge in [0.05, 0.1) is 0 Å². The number of hydrogen-bond acceptors (Lipinski definition) is 0. The number of hydrogen-bond donors (Lipinski definition) is 0. The maximum absolute atomic E-state index is 4.19. The maximum Gasteiger partial charge on any atom is 0 e. The molecule has 1 aliphatic rings. The summed E-state index contributed by atoms with van der Waals surface area (Å²) in [7, 11) is 0.00925. The third kappa shape index (κ3) is 11.1. The van der Waals surface area contributed by atoms with Gasteiger partial charge < -0.3 is 13.8 Å². The summed E-state index contributed by atoms with van der Waals surface area (Å²) in [5, 5.41) is 1.03. The van der Waals surface area contributed by atoms with Crippen LogP contribution in [0.3, 0.4) is 0 Å². The van der Waals surface area contributed by atoms with E-state index < -0.39 is 0 Å². The Labute approximate surface area is 187 Å². The van der Waals surface area contributed by atoms with Gasteiger partial charge in [-0.3, -0.25) is 0 Å². The van der Waals surface area contributed by atoms with Crippen LogP contribution in [-0.2, 0) is 27.2 Å². The zero-order valence-corrected chi connectivity index (χ0v) is 22.0. The fraction of sp³-hybridized carbons (Fsp3) is 0.640. The van der Waals surface area contributed by atoms with E-state index in [9.17, 15) is 0 Å². The Morgan fingerprint density at radius 2 is 1.30 bits per heavy atom. The van der Waals surface area contributed by atoms with E-state index in [-0.39, 0.29) is 29.0 Å². The molecule has 1 aromatic carbocycles. The molecule has 0 saturated carbocycles. The minimum atomic E-state index is 0. The summed E-state index contributed by atoms with van der Waals surface area (Å²) in [6, 6.07) is 8.67. The van der Waals surface area contributed by atoms with Gasteiger partial charge in [-0.2, -0.15) is 31.4 Å². The summed E-state index contributed by atoms with van der Waals surface area (Å²) in [5.41, 5.74) is 2.68. The number of rotatable bonds is 4. The van der Waals surface area contributed by atoms with Crippen LogP contribution in [-0.4, -0.2) is 10.3 Å². The van der Waals surface area contributed by atoms with Gasteiger partial charge in [0.1, 0.15) is 0 Å². The van der Waals surface area contributed by atoms with Crippen molar-refractivity contribution in [1.29, 1.82) is 0 Å². The van der Waals surface area contributed by atoms with Crippen LogP contribution in [0.25, 0.3) is 0 Å². The Balaban J connectivity index is 0. The van der Waals surface area contributed by atoms with Gasteiger partial charge in [0.15, 0.2) is 0 Å². The van der Waals surface area contributed by atoms with E-state index in [1.165, 1.54) is 49.4 Å². The normalized spacial score (nSPS) is 17.5. The number of benzene rings is 1. The van der Waals surface area contributed by atoms with Gasteiger partial charge in [-0.1, -0.05) is 73.0 Å². The molecule has 1 heterocycles. The summed E-state index contributed by atoms with van der Waals surface area (Å²) >= 11 is 0. The Morgan fingerprint density at radius 3 is 1.67 bits per heavy atom. The first kappa shape index (κ1) is 29.4. The Hall–Kier alpha value is 0.208. The first-order chi connectivity index (χ1) is 12.2. The van der Waals surface area contributed by atoms with Crippen molar-refractivity contribution in [2.45, 2.75) is 103 Å². The van der Waals surface area contributed by atoms with Crippen molar-refractivity contribution in [3.8, 4) is 0 Å². The van der Waals surface area contributed by atoms with Crippen LogP contribution in [0.15, 0.2) is 24.3 Å². The third-order valence-corrected chi connectivity index (χ3v) is 9.22. The van der Waals surface area contributed by atoms with E-state index in [4.69, 9.17) is 0 Å². The standard InChI is InChI=1S/C17H26P.2C4H9.Pt/c1-14-9-6-7-10-15(14)13-18-16(2,3)11-8-12-17(18,4)5;2*1-3-4-2;/h6-7,9-10H,1,8,11-13H2,2-5H3;2*1,3-4H2,2H3;/q3*-1;. The Morgan fingerprint density at radius 1 is 0.889 bits per heavy atom. The Bertz CT molecular complexity index is 455. The van der Waals surface area contributed by atoms with E-state index in [0.29, 0.717) is 10.3 Å². The molecule has 0 atom stereocenters. The fourth-order valence-electron chi connectivity index (χ4n) is 3.35.